The summed E-state index contributed by atoms with van der Waals surface area (Å²) in [5, 5.41) is 3.33. The second-order valence-corrected chi connectivity index (χ2v) is 11.5. The zero-order valence-corrected chi connectivity index (χ0v) is 20.5. The summed E-state index contributed by atoms with van der Waals surface area (Å²) in [6, 6.07) is 8.53. The van der Waals surface area contributed by atoms with Crippen molar-refractivity contribution in [3.63, 3.8) is 0 Å². The number of rotatable bonds is 4. The molecule has 176 valence electrons. The summed E-state index contributed by atoms with van der Waals surface area (Å²) < 4.78 is 0. The Hall–Kier alpha value is -1.88. The molecule has 3 aliphatic rings. The van der Waals surface area contributed by atoms with E-state index in [1.165, 1.54) is 36.9 Å². The number of benzene rings is 1. The van der Waals surface area contributed by atoms with Gasteiger partial charge in [-0.2, -0.15) is 0 Å². The van der Waals surface area contributed by atoms with Crippen molar-refractivity contribution in [3.05, 3.63) is 35.4 Å². The van der Waals surface area contributed by atoms with Gasteiger partial charge in [-0.05, 0) is 86.5 Å². The van der Waals surface area contributed by atoms with Crippen LogP contribution in [-0.4, -0.2) is 53.8 Å². The van der Waals surface area contributed by atoms with Gasteiger partial charge in [0.1, 0.15) is 6.04 Å². The van der Waals surface area contributed by atoms with Gasteiger partial charge in [-0.3, -0.25) is 9.59 Å². The lowest BCUT2D eigenvalue weighted by Gasteiger charge is -2.47. The average Bonchev–Trinajstić information content (AvgIpc) is 3.26. The minimum atomic E-state index is -0.304. The number of likely N-dealkylation sites (tertiary alicyclic amines) is 2. The van der Waals surface area contributed by atoms with Crippen LogP contribution in [-0.2, 0) is 15.0 Å². The number of fused-ring (bicyclic) bond motifs is 2. The molecule has 0 aromatic heterocycles. The van der Waals surface area contributed by atoms with Crippen LogP contribution in [0.3, 0.4) is 0 Å². The predicted octanol–water partition coefficient (Wildman–Crippen LogP) is 4.42. The summed E-state index contributed by atoms with van der Waals surface area (Å²) in [4.78, 5) is 29.4. The highest BCUT2D eigenvalue weighted by molar-refractivity contribution is 5.87. The van der Waals surface area contributed by atoms with Gasteiger partial charge in [-0.25, -0.2) is 0 Å². The molecule has 1 aromatic carbocycles. The van der Waals surface area contributed by atoms with Gasteiger partial charge in [0.2, 0.25) is 11.8 Å². The van der Waals surface area contributed by atoms with E-state index in [0.717, 1.165) is 38.8 Å². The molecule has 1 aliphatic carbocycles. The average molecular weight is 440 g/mol. The Balaban J connectivity index is 1.45. The maximum Gasteiger partial charge on any atom is 0.243 e. The molecular weight excluding hydrogens is 398 g/mol. The van der Waals surface area contributed by atoms with Gasteiger partial charge in [-0.1, -0.05) is 45.0 Å². The Morgan fingerprint density at radius 1 is 1.06 bits per heavy atom. The molecule has 0 bridgehead atoms. The first-order valence-corrected chi connectivity index (χ1v) is 12.6. The standard InChI is InChI=1S/C27H41N3O2/c1-20(31)30-16-7-10-24(30)25(32)28-23-11-12-27(22-9-6-5-8-21(22)23)14-18-29(19-15-27)17-13-26(2,3)4/h5-6,8-9,23-24H,7,10-19H2,1-4H3,(H,28,32)/t23-,24-/m0/s1. The molecule has 2 fully saturated rings. The molecule has 2 saturated heterocycles. The molecule has 32 heavy (non-hydrogen) atoms. The largest absolute Gasteiger partial charge is 0.347 e. The monoisotopic (exact) mass is 439 g/mol. The minimum Gasteiger partial charge on any atom is -0.347 e. The van der Waals surface area contributed by atoms with Gasteiger partial charge in [0.15, 0.2) is 0 Å². The molecule has 4 rings (SSSR count). The molecule has 2 atom stereocenters. The fourth-order valence-electron chi connectivity index (χ4n) is 6.05. The molecule has 0 saturated carbocycles. The lowest BCUT2D eigenvalue weighted by atomic mass is 9.63. The summed E-state index contributed by atoms with van der Waals surface area (Å²) in [5.74, 6) is 0.0225. The minimum absolute atomic E-state index is 0.00358. The first-order chi connectivity index (χ1) is 15.2. The smallest absolute Gasteiger partial charge is 0.243 e. The van der Waals surface area contributed by atoms with Crippen molar-refractivity contribution in [2.45, 2.75) is 90.1 Å². The third kappa shape index (κ3) is 4.88. The highest BCUT2D eigenvalue weighted by Gasteiger charge is 2.43. The molecule has 2 aliphatic heterocycles. The zero-order valence-electron chi connectivity index (χ0n) is 20.5. The van der Waals surface area contributed by atoms with Crippen LogP contribution in [0.25, 0.3) is 0 Å². The van der Waals surface area contributed by atoms with Crippen LogP contribution in [0.1, 0.15) is 89.8 Å². The normalized spacial score (nSPS) is 25.6. The van der Waals surface area contributed by atoms with Crippen LogP contribution in [0, 0.1) is 5.41 Å². The SMILES string of the molecule is CC(=O)N1CCC[C@H]1C(=O)N[C@H]1CCC2(CCN(CCC(C)(C)C)CC2)c2ccccc21. The van der Waals surface area contributed by atoms with E-state index in [2.05, 4.69) is 55.3 Å². The van der Waals surface area contributed by atoms with Crippen LogP contribution >= 0.6 is 0 Å². The summed E-state index contributed by atoms with van der Waals surface area (Å²) in [6.45, 7) is 12.8. The lowest BCUT2D eigenvalue weighted by Crippen LogP contribution is -2.49. The van der Waals surface area contributed by atoms with E-state index >= 15 is 0 Å². The second-order valence-electron chi connectivity index (χ2n) is 11.5. The van der Waals surface area contributed by atoms with E-state index in [0.29, 0.717) is 12.0 Å². The molecule has 0 radical (unpaired) electrons. The first kappa shape index (κ1) is 23.3. The second kappa shape index (κ2) is 9.17. The molecule has 2 amide bonds. The van der Waals surface area contributed by atoms with Crippen molar-refractivity contribution >= 4 is 11.8 Å². The summed E-state index contributed by atoms with van der Waals surface area (Å²) in [5.41, 5.74) is 3.37. The van der Waals surface area contributed by atoms with E-state index in [-0.39, 0.29) is 29.3 Å². The number of nitrogens with zero attached hydrogens (tertiary/aromatic N) is 2. The number of piperidine rings is 1. The number of carbonyl (C=O) groups excluding carboxylic acids is 2. The Morgan fingerprint density at radius 3 is 2.47 bits per heavy atom. The maximum atomic E-state index is 13.1. The molecule has 1 spiro atoms. The Morgan fingerprint density at radius 2 is 1.78 bits per heavy atom. The van der Waals surface area contributed by atoms with E-state index in [9.17, 15) is 9.59 Å². The number of amides is 2. The zero-order chi connectivity index (χ0) is 22.9. The van der Waals surface area contributed by atoms with Crippen LogP contribution in [0.5, 0.6) is 0 Å². The van der Waals surface area contributed by atoms with Crippen molar-refractivity contribution in [2.24, 2.45) is 5.41 Å². The van der Waals surface area contributed by atoms with Crippen molar-refractivity contribution < 1.29 is 9.59 Å². The fourth-order valence-corrected chi connectivity index (χ4v) is 6.05. The van der Waals surface area contributed by atoms with Gasteiger partial charge in [0, 0.05) is 13.5 Å². The lowest BCUT2D eigenvalue weighted by molar-refractivity contribution is -0.137. The van der Waals surface area contributed by atoms with E-state index < -0.39 is 0 Å². The van der Waals surface area contributed by atoms with Gasteiger partial charge in [0.25, 0.3) is 0 Å². The molecule has 5 nitrogen and oxygen atoms in total. The summed E-state index contributed by atoms with van der Waals surface area (Å²) >= 11 is 0. The van der Waals surface area contributed by atoms with Crippen LogP contribution < -0.4 is 5.32 Å². The Bertz CT molecular complexity index is 836. The molecular formula is C27H41N3O2. The number of nitrogens with one attached hydrogen (secondary N) is 1. The molecule has 0 unspecified atom stereocenters. The third-order valence-corrected chi connectivity index (χ3v) is 8.09. The number of hydrogen-bond donors (Lipinski definition) is 1. The van der Waals surface area contributed by atoms with Crippen molar-refractivity contribution in [2.75, 3.05) is 26.2 Å². The van der Waals surface area contributed by atoms with E-state index in [4.69, 9.17) is 0 Å². The van der Waals surface area contributed by atoms with Crippen molar-refractivity contribution in [1.29, 1.82) is 0 Å². The molecule has 5 heteroatoms. The van der Waals surface area contributed by atoms with Gasteiger partial charge in [-0.15, -0.1) is 0 Å². The topological polar surface area (TPSA) is 52.7 Å². The maximum absolute atomic E-state index is 13.1. The molecule has 2 heterocycles. The van der Waals surface area contributed by atoms with Gasteiger partial charge >= 0.3 is 0 Å². The van der Waals surface area contributed by atoms with E-state index in [1.54, 1.807) is 11.8 Å². The number of carbonyl (C=O) groups is 2. The van der Waals surface area contributed by atoms with Crippen LogP contribution in [0.15, 0.2) is 24.3 Å². The Labute approximate surface area is 193 Å². The first-order valence-electron chi connectivity index (χ1n) is 12.6. The molecule has 1 N–H and O–H groups in total. The quantitative estimate of drug-likeness (QED) is 0.756. The highest BCUT2D eigenvalue weighted by Crippen LogP contribution is 2.48. The van der Waals surface area contributed by atoms with Crippen molar-refractivity contribution in [3.8, 4) is 0 Å². The number of hydrogen-bond acceptors (Lipinski definition) is 3. The summed E-state index contributed by atoms with van der Waals surface area (Å²) in [7, 11) is 0. The van der Waals surface area contributed by atoms with Crippen molar-refractivity contribution in [1.82, 2.24) is 15.1 Å². The van der Waals surface area contributed by atoms with Gasteiger partial charge in [0.05, 0.1) is 6.04 Å². The van der Waals surface area contributed by atoms with E-state index in [1.807, 2.05) is 0 Å². The third-order valence-electron chi connectivity index (χ3n) is 8.09. The summed E-state index contributed by atoms with van der Waals surface area (Å²) in [6.07, 6.45) is 7.44. The Kier molecular flexibility index (Phi) is 6.67. The van der Waals surface area contributed by atoms with Crippen LogP contribution in [0.4, 0.5) is 0 Å². The molecule has 1 aromatic rings. The fraction of sp³-hybridized carbons (Fsp3) is 0.704. The highest BCUT2D eigenvalue weighted by atomic mass is 16.2. The van der Waals surface area contributed by atoms with Gasteiger partial charge < -0.3 is 15.1 Å². The van der Waals surface area contributed by atoms with Crippen LogP contribution in [0.2, 0.25) is 0 Å². The predicted molar refractivity (Wildman–Crippen MR) is 128 cm³/mol.